The molecule has 2 aromatic rings. The maximum absolute atomic E-state index is 12.2. The molecule has 1 amide bonds. The average Bonchev–Trinajstić information content (AvgIpc) is 3.26. The Hall–Kier alpha value is -1.91. The molecule has 0 aromatic carbocycles. The van der Waals surface area contributed by atoms with E-state index >= 15 is 0 Å². The van der Waals surface area contributed by atoms with Crippen molar-refractivity contribution in [1.29, 1.82) is 0 Å². The van der Waals surface area contributed by atoms with Gasteiger partial charge in [0.25, 0.3) is 0 Å². The molecule has 1 aliphatic carbocycles. The second-order valence-corrected chi connectivity index (χ2v) is 6.53. The summed E-state index contributed by atoms with van der Waals surface area (Å²) in [6.45, 7) is 7.24. The standard InChI is InChI=1S/C17H24N4O/c1-4-21-15-13(6-5-9-18-15)19-16(21)14(10-11(2)3)20-17(22)12-7-8-12/h5-6,9,11-12,14H,4,7-8,10H2,1-3H3,(H,20,22). The van der Waals surface area contributed by atoms with Crippen molar-refractivity contribution in [2.75, 3.05) is 0 Å². The van der Waals surface area contributed by atoms with Gasteiger partial charge in [-0.1, -0.05) is 13.8 Å². The highest BCUT2D eigenvalue weighted by Gasteiger charge is 2.32. The van der Waals surface area contributed by atoms with Crippen LogP contribution in [0.1, 0.15) is 51.9 Å². The van der Waals surface area contributed by atoms with Crippen molar-refractivity contribution in [1.82, 2.24) is 19.9 Å². The molecule has 0 bridgehead atoms. The lowest BCUT2D eigenvalue weighted by atomic mass is 10.0. The van der Waals surface area contributed by atoms with Gasteiger partial charge in [-0.15, -0.1) is 0 Å². The minimum absolute atomic E-state index is 0.0396. The molecule has 1 fully saturated rings. The van der Waals surface area contributed by atoms with E-state index in [0.29, 0.717) is 5.92 Å². The molecule has 5 heteroatoms. The topological polar surface area (TPSA) is 59.8 Å². The van der Waals surface area contributed by atoms with Gasteiger partial charge in [0.1, 0.15) is 11.3 Å². The van der Waals surface area contributed by atoms with Crippen LogP contribution in [0, 0.1) is 11.8 Å². The number of carbonyl (C=O) groups is 1. The zero-order chi connectivity index (χ0) is 15.7. The summed E-state index contributed by atoms with van der Waals surface area (Å²) < 4.78 is 2.12. The molecule has 0 aliphatic heterocycles. The van der Waals surface area contributed by atoms with E-state index in [1.165, 1.54) is 0 Å². The van der Waals surface area contributed by atoms with Gasteiger partial charge in [0.15, 0.2) is 5.65 Å². The monoisotopic (exact) mass is 300 g/mol. The normalized spacial score (nSPS) is 16.2. The average molecular weight is 300 g/mol. The lowest BCUT2D eigenvalue weighted by molar-refractivity contribution is -0.123. The van der Waals surface area contributed by atoms with E-state index in [4.69, 9.17) is 4.98 Å². The van der Waals surface area contributed by atoms with Crippen LogP contribution in [0.2, 0.25) is 0 Å². The van der Waals surface area contributed by atoms with Gasteiger partial charge in [0.2, 0.25) is 5.91 Å². The van der Waals surface area contributed by atoms with Crippen molar-refractivity contribution < 1.29 is 4.79 Å². The molecule has 5 nitrogen and oxygen atoms in total. The molecule has 1 unspecified atom stereocenters. The Balaban J connectivity index is 1.96. The van der Waals surface area contributed by atoms with Crippen molar-refractivity contribution in [2.24, 2.45) is 11.8 Å². The lowest BCUT2D eigenvalue weighted by Crippen LogP contribution is -2.32. The van der Waals surface area contributed by atoms with E-state index in [2.05, 4.69) is 35.6 Å². The van der Waals surface area contributed by atoms with Gasteiger partial charge < -0.3 is 9.88 Å². The van der Waals surface area contributed by atoms with Crippen molar-refractivity contribution in [2.45, 2.75) is 52.6 Å². The van der Waals surface area contributed by atoms with Gasteiger partial charge in [-0.05, 0) is 44.2 Å². The molecule has 0 radical (unpaired) electrons. The Morgan fingerprint density at radius 3 is 2.86 bits per heavy atom. The fourth-order valence-electron chi connectivity index (χ4n) is 2.89. The third-order valence-corrected chi connectivity index (χ3v) is 4.13. The highest BCUT2D eigenvalue weighted by molar-refractivity contribution is 5.81. The maximum Gasteiger partial charge on any atom is 0.223 e. The molecule has 1 aliphatic rings. The smallest absolute Gasteiger partial charge is 0.223 e. The Bertz CT molecular complexity index is 672. The molecule has 1 N–H and O–H groups in total. The molecule has 2 heterocycles. The summed E-state index contributed by atoms with van der Waals surface area (Å²) in [4.78, 5) is 21.4. The van der Waals surface area contributed by atoms with Gasteiger partial charge in [-0.3, -0.25) is 4.79 Å². The number of imidazole rings is 1. The maximum atomic E-state index is 12.2. The van der Waals surface area contributed by atoms with Crippen LogP contribution in [0.15, 0.2) is 18.3 Å². The third-order valence-electron chi connectivity index (χ3n) is 4.13. The van der Waals surface area contributed by atoms with Gasteiger partial charge in [0.05, 0.1) is 6.04 Å². The predicted octanol–water partition coefficient (Wildman–Crippen LogP) is 3.06. The molecule has 22 heavy (non-hydrogen) atoms. The number of fused-ring (bicyclic) bond motifs is 1. The molecular weight excluding hydrogens is 276 g/mol. The summed E-state index contributed by atoms with van der Waals surface area (Å²) in [6, 6.07) is 3.84. The number of nitrogens with one attached hydrogen (secondary N) is 1. The van der Waals surface area contributed by atoms with Crippen LogP contribution in [0.25, 0.3) is 11.2 Å². The number of amides is 1. The molecule has 0 saturated heterocycles. The van der Waals surface area contributed by atoms with Crippen LogP contribution >= 0.6 is 0 Å². The molecule has 3 rings (SSSR count). The summed E-state index contributed by atoms with van der Waals surface area (Å²) in [5.74, 6) is 1.81. The summed E-state index contributed by atoms with van der Waals surface area (Å²) >= 11 is 0. The number of aromatic nitrogens is 3. The van der Waals surface area contributed by atoms with Crippen LogP contribution in [-0.4, -0.2) is 20.4 Å². The van der Waals surface area contributed by atoms with Crippen molar-refractivity contribution in [3.63, 3.8) is 0 Å². The second kappa shape index (κ2) is 6.07. The number of aryl methyl sites for hydroxylation is 1. The van der Waals surface area contributed by atoms with E-state index < -0.39 is 0 Å². The first kappa shape index (κ1) is 15.0. The number of rotatable bonds is 6. The number of hydrogen-bond acceptors (Lipinski definition) is 3. The van der Waals surface area contributed by atoms with E-state index in [-0.39, 0.29) is 17.9 Å². The highest BCUT2D eigenvalue weighted by Crippen LogP contribution is 2.31. The SMILES string of the molecule is CCn1c(C(CC(C)C)NC(=O)C2CC2)nc2cccnc21. The molecule has 0 spiro atoms. The molecule has 1 atom stereocenters. The minimum atomic E-state index is -0.0396. The number of carbonyl (C=O) groups excluding carboxylic acids is 1. The fourth-order valence-corrected chi connectivity index (χ4v) is 2.89. The highest BCUT2D eigenvalue weighted by atomic mass is 16.2. The molecule has 1 saturated carbocycles. The Morgan fingerprint density at radius 2 is 2.23 bits per heavy atom. The zero-order valence-corrected chi connectivity index (χ0v) is 13.5. The Kier molecular flexibility index (Phi) is 4.14. The molecular formula is C17H24N4O. The van der Waals surface area contributed by atoms with Gasteiger partial charge in [-0.25, -0.2) is 9.97 Å². The van der Waals surface area contributed by atoms with Crippen LogP contribution in [0.3, 0.4) is 0 Å². The Labute approximate surface area is 131 Å². The third kappa shape index (κ3) is 2.98. The van der Waals surface area contributed by atoms with Crippen molar-refractivity contribution >= 4 is 17.1 Å². The number of hydrogen-bond donors (Lipinski definition) is 1. The summed E-state index contributed by atoms with van der Waals surface area (Å²) in [5.41, 5.74) is 1.79. The van der Waals surface area contributed by atoms with Crippen molar-refractivity contribution in [3.05, 3.63) is 24.2 Å². The van der Waals surface area contributed by atoms with E-state index in [0.717, 1.165) is 42.8 Å². The molecule has 2 aromatic heterocycles. The number of nitrogens with zero attached hydrogens (tertiary/aromatic N) is 3. The van der Waals surface area contributed by atoms with E-state index in [1.54, 1.807) is 6.20 Å². The summed E-state index contributed by atoms with van der Waals surface area (Å²) in [5, 5.41) is 3.21. The first-order valence-corrected chi connectivity index (χ1v) is 8.21. The predicted molar refractivity (Wildman–Crippen MR) is 86.3 cm³/mol. The van der Waals surface area contributed by atoms with Crippen molar-refractivity contribution in [3.8, 4) is 0 Å². The first-order chi connectivity index (χ1) is 10.6. The summed E-state index contributed by atoms with van der Waals surface area (Å²) in [6.07, 6.45) is 4.72. The quantitative estimate of drug-likeness (QED) is 0.892. The van der Waals surface area contributed by atoms with E-state index in [1.807, 2.05) is 12.1 Å². The summed E-state index contributed by atoms with van der Waals surface area (Å²) in [7, 11) is 0. The minimum Gasteiger partial charge on any atom is -0.346 e. The largest absolute Gasteiger partial charge is 0.346 e. The number of pyridine rings is 1. The fraction of sp³-hybridized carbons (Fsp3) is 0.588. The van der Waals surface area contributed by atoms with Crippen LogP contribution < -0.4 is 5.32 Å². The zero-order valence-electron chi connectivity index (χ0n) is 13.5. The van der Waals surface area contributed by atoms with Crippen LogP contribution in [0.5, 0.6) is 0 Å². The lowest BCUT2D eigenvalue weighted by Gasteiger charge is -2.21. The van der Waals surface area contributed by atoms with Gasteiger partial charge in [-0.2, -0.15) is 0 Å². The Morgan fingerprint density at radius 1 is 1.45 bits per heavy atom. The second-order valence-electron chi connectivity index (χ2n) is 6.53. The van der Waals surface area contributed by atoms with Crippen LogP contribution in [0.4, 0.5) is 0 Å². The van der Waals surface area contributed by atoms with Gasteiger partial charge in [0, 0.05) is 18.7 Å². The van der Waals surface area contributed by atoms with Gasteiger partial charge >= 0.3 is 0 Å². The van der Waals surface area contributed by atoms with E-state index in [9.17, 15) is 4.79 Å². The van der Waals surface area contributed by atoms with Crippen LogP contribution in [-0.2, 0) is 11.3 Å². The first-order valence-electron chi connectivity index (χ1n) is 8.21. The molecule has 118 valence electrons.